The summed E-state index contributed by atoms with van der Waals surface area (Å²) in [5.41, 5.74) is 0. The molecule has 0 atom stereocenters. The Balaban J connectivity index is 1.45. The van der Waals surface area contributed by atoms with Crippen LogP contribution < -0.4 is 9.46 Å². The van der Waals surface area contributed by atoms with Crippen molar-refractivity contribution in [2.45, 2.75) is 29.9 Å². The minimum Gasteiger partial charge on any atom is -0.497 e. The van der Waals surface area contributed by atoms with Gasteiger partial charge in [-0.15, -0.1) is 0 Å². The van der Waals surface area contributed by atoms with Crippen LogP contribution in [0.3, 0.4) is 0 Å². The average molecular weight is 384 g/mol. The van der Waals surface area contributed by atoms with Crippen LogP contribution in [0.15, 0.2) is 29.2 Å². The number of carbonyl (C=O) groups is 1. The van der Waals surface area contributed by atoms with Crippen LogP contribution in [0.2, 0.25) is 0 Å². The Morgan fingerprint density at radius 1 is 1.19 bits per heavy atom. The normalized spacial score (nSPS) is 19.7. The molecule has 144 valence electrons. The SMILES string of the molecule is COc1ccc(S(=O)(=O)NCCC(=O)N2CCC3(CC2)OCCO3)cc1. The van der Waals surface area contributed by atoms with Gasteiger partial charge in [0.15, 0.2) is 5.79 Å². The first-order valence-electron chi connectivity index (χ1n) is 8.64. The summed E-state index contributed by atoms with van der Waals surface area (Å²) >= 11 is 0. The van der Waals surface area contributed by atoms with Gasteiger partial charge in [-0.05, 0) is 24.3 Å². The number of rotatable bonds is 6. The van der Waals surface area contributed by atoms with Crippen LogP contribution in [-0.4, -0.2) is 65.0 Å². The highest BCUT2D eigenvalue weighted by atomic mass is 32.2. The van der Waals surface area contributed by atoms with E-state index in [-0.39, 0.29) is 23.8 Å². The van der Waals surface area contributed by atoms with Crippen LogP contribution in [0.25, 0.3) is 0 Å². The molecule has 8 nitrogen and oxygen atoms in total. The third-order valence-electron chi connectivity index (χ3n) is 4.69. The van der Waals surface area contributed by atoms with E-state index in [1.165, 1.54) is 19.2 Å². The van der Waals surface area contributed by atoms with E-state index in [1.807, 2.05) is 0 Å². The van der Waals surface area contributed by atoms with Gasteiger partial charge < -0.3 is 19.1 Å². The molecule has 0 radical (unpaired) electrons. The molecule has 0 aliphatic carbocycles. The summed E-state index contributed by atoms with van der Waals surface area (Å²) in [4.78, 5) is 14.2. The van der Waals surface area contributed by atoms with Crippen LogP contribution >= 0.6 is 0 Å². The van der Waals surface area contributed by atoms with E-state index >= 15 is 0 Å². The van der Waals surface area contributed by atoms with Gasteiger partial charge in [0, 0.05) is 38.9 Å². The fourth-order valence-electron chi connectivity index (χ4n) is 3.17. The van der Waals surface area contributed by atoms with Gasteiger partial charge in [0.05, 0.1) is 25.2 Å². The fourth-order valence-corrected chi connectivity index (χ4v) is 4.20. The molecule has 1 aromatic carbocycles. The van der Waals surface area contributed by atoms with Gasteiger partial charge in [0.25, 0.3) is 0 Å². The molecule has 0 unspecified atom stereocenters. The van der Waals surface area contributed by atoms with Crippen molar-refractivity contribution in [3.63, 3.8) is 0 Å². The van der Waals surface area contributed by atoms with Crippen molar-refractivity contribution >= 4 is 15.9 Å². The maximum atomic E-state index is 12.3. The van der Waals surface area contributed by atoms with Crippen LogP contribution in [0.5, 0.6) is 5.75 Å². The first-order chi connectivity index (χ1) is 12.4. The third kappa shape index (κ3) is 4.35. The maximum absolute atomic E-state index is 12.3. The van der Waals surface area contributed by atoms with E-state index in [9.17, 15) is 13.2 Å². The van der Waals surface area contributed by atoms with Crippen molar-refractivity contribution in [2.24, 2.45) is 0 Å². The summed E-state index contributed by atoms with van der Waals surface area (Å²) in [6.07, 6.45) is 1.41. The highest BCUT2D eigenvalue weighted by Crippen LogP contribution is 2.31. The predicted octanol–water partition coefficient (Wildman–Crippen LogP) is 0.729. The standard InChI is InChI=1S/C17H24N2O6S/c1-23-14-2-4-15(5-3-14)26(21,22)18-9-6-16(20)19-10-7-17(8-11-19)24-12-13-25-17/h2-5,18H,6-13H2,1H3. The number of likely N-dealkylation sites (tertiary alicyclic amines) is 1. The van der Waals surface area contributed by atoms with E-state index < -0.39 is 15.8 Å². The lowest BCUT2D eigenvalue weighted by Crippen LogP contribution is -2.47. The largest absolute Gasteiger partial charge is 0.497 e. The van der Waals surface area contributed by atoms with Crippen LogP contribution in [0, 0.1) is 0 Å². The lowest BCUT2D eigenvalue weighted by Gasteiger charge is -2.37. The van der Waals surface area contributed by atoms with Gasteiger partial charge in [-0.1, -0.05) is 0 Å². The number of hydrogen-bond donors (Lipinski definition) is 1. The number of methoxy groups -OCH3 is 1. The molecule has 1 spiro atoms. The summed E-state index contributed by atoms with van der Waals surface area (Å²) in [6.45, 7) is 2.37. The molecule has 1 amide bonds. The predicted molar refractivity (Wildman–Crippen MR) is 93.2 cm³/mol. The molecule has 2 heterocycles. The molecule has 2 fully saturated rings. The monoisotopic (exact) mass is 384 g/mol. The van der Waals surface area contributed by atoms with Gasteiger partial charge in [0.1, 0.15) is 5.75 Å². The number of benzene rings is 1. The Hall–Kier alpha value is -1.68. The third-order valence-corrected chi connectivity index (χ3v) is 6.17. The number of nitrogens with one attached hydrogen (secondary N) is 1. The number of sulfonamides is 1. The fraction of sp³-hybridized carbons (Fsp3) is 0.588. The van der Waals surface area contributed by atoms with E-state index in [1.54, 1.807) is 17.0 Å². The molecule has 0 aromatic heterocycles. The molecule has 1 aromatic rings. The van der Waals surface area contributed by atoms with E-state index in [0.29, 0.717) is 44.9 Å². The topological polar surface area (TPSA) is 94.2 Å². The molecular weight excluding hydrogens is 360 g/mol. The number of nitrogens with zero attached hydrogens (tertiary/aromatic N) is 1. The molecule has 1 N–H and O–H groups in total. The number of piperidine rings is 1. The molecule has 0 bridgehead atoms. The van der Waals surface area contributed by atoms with Gasteiger partial charge in [-0.3, -0.25) is 4.79 Å². The quantitative estimate of drug-likeness (QED) is 0.777. The first-order valence-corrected chi connectivity index (χ1v) is 10.1. The number of hydrogen-bond acceptors (Lipinski definition) is 6. The lowest BCUT2D eigenvalue weighted by molar-refractivity contribution is -0.187. The summed E-state index contributed by atoms with van der Waals surface area (Å²) in [6, 6.07) is 6.09. The van der Waals surface area contributed by atoms with E-state index in [2.05, 4.69) is 4.72 Å². The number of carbonyl (C=O) groups excluding carboxylic acids is 1. The second-order valence-electron chi connectivity index (χ2n) is 6.31. The molecule has 26 heavy (non-hydrogen) atoms. The second-order valence-corrected chi connectivity index (χ2v) is 8.08. The number of ether oxygens (including phenoxy) is 3. The lowest BCUT2D eigenvalue weighted by atomic mass is 10.0. The van der Waals surface area contributed by atoms with Gasteiger partial charge in [-0.2, -0.15) is 0 Å². The van der Waals surface area contributed by atoms with E-state index in [4.69, 9.17) is 14.2 Å². The molecular formula is C17H24N2O6S. The summed E-state index contributed by atoms with van der Waals surface area (Å²) < 4.78 is 43.3. The summed E-state index contributed by atoms with van der Waals surface area (Å²) in [5.74, 6) is -0.0142. The Morgan fingerprint density at radius 2 is 1.81 bits per heavy atom. The van der Waals surface area contributed by atoms with E-state index in [0.717, 1.165) is 0 Å². The second kappa shape index (κ2) is 7.91. The van der Waals surface area contributed by atoms with Gasteiger partial charge in [0.2, 0.25) is 15.9 Å². The highest BCUT2D eigenvalue weighted by Gasteiger charge is 2.40. The summed E-state index contributed by atoms with van der Waals surface area (Å²) in [5, 5.41) is 0. The highest BCUT2D eigenvalue weighted by molar-refractivity contribution is 7.89. The maximum Gasteiger partial charge on any atom is 0.240 e. The minimum atomic E-state index is -3.65. The van der Waals surface area contributed by atoms with Crippen molar-refractivity contribution in [2.75, 3.05) is 40.0 Å². The Bertz CT molecular complexity index is 718. The van der Waals surface area contributed by atoms with Gasteiger partial charge in [-0.25, -0.2) is 13.1 Å². The van der Waals surface area contributed by atoms with Gasteiger partial charge >= 0.3 is 0 Å². The molecule has 2 aliphatic heterocycles. The van der Waals surface area contributed by atoms with Crippen molar-refractivity contribution in [1.29, 1.82) is 0 Å². The van der Waals surface area contributed by atoms with Crippen LogP contribution in [-0.2, 0) is 24.3 Å². The number of amides is 1. The molecule has 2 aliphatic rings. The zero-order valence-corrected chi connectivity index (χ0v) is 15.6. The smallest absolute Gasteiger partial charge is 0.240 e. The van der Waals surface area contributed by atoms with Crippen molar-refractivity contribution in [3.8, 4) is 5.75 Å². The van der Waals surface area contributed by atoms with Crippen molar-refractivity contribution in [1.82, 2.24) is 9.62 Å². The van der Waals surface area contributed by atoms with Crippen LogP contribution in [0.4, 0.5) is 0 Å². The first kappa shape index (κ1) is 19.1. The molecule has 2 saturated heterocycles. The zero-order valence-electron chi connectivity index (χ0n) is 14.8. The Kier molecular flexibility index (Phi) is 5.81. The molecule has 0 saturated carbocycles. The molecule has 3 rings (SSSR count). The Morgan fingerprint density at radius 3 is 2.38 bits per heavy atom. The minimum absolute atomic E-state index is 0.0574. The average Bonchev–Trinajstić information content (AvgIpc) is 3.10. The van der Waals surface area contributed by atoms with Crippen molar-refractivity contribution < 1.29 is 27.4 Å². The van der Waals surface area contributed by atoms with Crippen molar-refractivity contribution in [3.05, 3.63) is 24.3 Å². The summed E-state index contributed by atoms with van der Waals surface area (Å²) in [7, 11) is -2.13. The molecule has 9 heteroatoms. The zero-order chi connectivity index (χ0) is 18.6. The van der Waals surface area contributed by atoms with Crippen LogP contribution in [0.1, 0.15) is 19.3 Å². The Labute approximate surface area is 153 Å².